The molecule has 25 heavy (non-hydrogen) atoms. The lowest BCUT2D eigenvalue weighted by molar-refractivity contribution is 0.581. The van der Waals surface area contributed by atoms with E-state index in [1.165, 1.54) is 12.1 Å². The Morgan fingerprint density at radius 3 is 2.56 bits per heavy atom. The summed E-state index contributed by atoms with van der Waals surface area (Å²) in [7, 11) is 0. The maximum atomic E-state index is 13.2. The Morgan fingerprint density at radius 1 is 1.20 bits per heavy atom. The first kappa shape index (κ1) is 17.3. The predicted molar refractivity (Wildman–Crippen MR) is 95.0 cm³/mol. The van der Waals surface area contributed by atoms with E-state index in [1.807, 2.05) is 0 Å². The molecule has 0 amide bonds. The maximum absolute atomic E-state index is 13.2. The molecule has 1 saturated heterocycles. The van der Waals surface area contributed by atoms with Crippen molar-refractivity contribution in [1.29, 1.82) is 5.26 Å². The second-order valence-electron chi connectivity index (χ2n) is 6.12. The molecule has 0 atom stereocenters. The first-order valence-corrected chi connectivity index (χ1v) is 8.67. The van der Waals surface area contributed by atoms with E-state index in [9.17, 15) is 4.39 Å². The lowest BCUT2D eigenvalue weighted by Gasteiger charge is -2.31. The molecule has 0 saturated carbocycles. The maximum Gasteiger partial charge on any atom is 0.145 e. The fourth-order valence-electron chi connectivity index (χ4n) is 3.13. The number of nitriles is 1. The smallest absolute Gasteiger partial charge is 0.145 e. The van der Waals surface area contributed by atoms with Gasteiger partial charge < -0.3 is 10.2 Å². The molecular formula is C19H22FN5. The molecule has 1 aliphatic rings. The van der Waals surface area contributed by atoms with Crippen molar-refractivity contribution in [2.45, 2.75) is 26.2 Å². The van der Waals surface area contributed by atoms with Crippen molar-refractivity contribution in [3.05, 3.63) is 52.7 Å². The molecule has 5 nitrogen and oxygen atoms in total. The highest BCUT2D eigenvalue weighted by atomic mass is 19.1. The van der Waals surface area contributed by atoms with Crippen LogP contribution in [-0.4, -0.2) is 36.1 Å². The van der Waals surface area contributed by atoms with Gasteiger partial charge in [0.25, 0.3) is 0 Å². The zero-order valence-corrected chi connectivity index (χ0v) is 14.4. The molecule has 0 aliphatic carbocycles. The molecule has 2 aromatic rings. The van der Waals surface area contributed by atoms with Crippen molar-refractivity contribution in [3.8, 4) is 6.07 Å². The number of nitrogens with zero attached hydrogens (tertiary/aromatic N) is 4. The Kier molecular flexibility index (Phi) is 5.56. The van der Waals surface area contributed by atoms with Crippen molar-refractivity contribution in [1.82, 2.24) is 15.3 Å². The van der Waals surface area contributed by atoms with Crippen LogP contribution in [-0.2, 0) is 19.3 Å². The highest BCUT2D eigenvalue weighted by Gasteiger charge is 2.20. The Labute approximate surface area is 147 Å². The zero-order valence-electron chi connectivity index (χ0n) is 14.4. The summed E-state index contributed by atoms with van der Waals surface area (Å²) in [6.45, 7) is 5.64. The summed E-state index contributed by atoms with van der Waals surface area (Å²) >= 11 is 0. The molecular weight excluding hydrogens is 317 g/mol. The van der Waals surface area contributed by atoms with E-state index < -0.39 is 0 Å². The first-order chi connectivity index (χ1) is 12.2. The third-order valence-electron chi connectivity index (χ3n) is 4.40. The summed E-state index contributed by atoms with van der Waals surface area (Å²) in [6, 6.07) is 8.72. The number of hydrogen-bond acceptors (Lipinski definition) is 5. The fourth-order valence-corrected chi connectivity index (χ4v) is 3.13. The Balaban J connectivity index is 2.03. The molecule has 1 fully saturated rings. The number of aromatic nitrogens is 2. The van der Waals surface area contributed by atoms with Crippen LogP contribution in [0.5, 0.6) is 0 Å². The molecule has 1 aromatic heterocycles. The number of piperazine rings is 1. The molecule has 0 bridgehead atoms. The number of hydrogen-bond donors (Lipinski definition) is 1. The Hall–Kier alpha value is -2.52. The Morgan fingerprint density at radius 2 is 1.92 bits per heavy atom. The normalized spacial score (nSPS) is 14.4. The molecule has 1 aromatic carbocycles. The van der Waals surface area contributed by atoms with Gasteiger partial charge in [0, 0.05) is 43.9 Å². The number of nitrogens with one attached hydrogen (secondary N) is 1. The van der Waals surface area contributed by atoms with Crippen molar-refractivity contribution in [2.24, 2.45) is 0 Å². The molecule has 6 heteroatoms. The summed E-state index contributed by atoms with van der Waals surface area (Å²) in [5.41, 5.74) is 3.08. The highest BCUT2D eigenvalue weighted by Crippen LogP contribution is 2.25. The fraction of sp³-hybridized carbons (Fsp3) is 0.421. The van der Waals surface area contributed by atoms with E-state index in [0.717, 1.165) is 55.2 Å². The van der Waals surface area contributed by atoms with Crippen LogP contribution in [0.4, 0.5) is 10.2 Å². The Bertz CT molecular complexity index is 761. The van der Waals surface area contributed by atoms with Crippen LogP contribution in [0, 0.1) is 17.1 Å². The molecule has 1 aliphatic heterocycles. The lowest BCUT2D eigenvalue weighted by Crippen LogP contribution is -2.44. The van der Waals surface area contributed by atoms with Gasteiger partial charge in [-0.15, -0.1) is 0 Å². The van der Waals surface area contributed by atoms with E-state index >= 15 is 0 Å². The van der Waals surface area contributed by atoms with Crippen LogP contribution >= 0.6 is 0 Å². The number of anilines is 1. The summed E-state index contributed by atoms with van der Waals surface area (Å²) in [4.78, 5) is 11.6. The minimum absolute atomic E-state index is 0.211. The third kappa shape index (κ3) is 4.12. The average molecular weight is 339 g/mol. The highest BCUT2D eigenvalue weighted by molar-refractivity contribution is 5.52. The SMILES string of the molecule is CCc1nc(CC#N)nc(N2CCNCC2)c1Cc1ccc(F)cc1. The average Bonchev–Trinajstić information content (AvgIpc) is 2.65. The van der Waals surface area contributed by atoms with Gasteiger partial charge in [0.05, 0.1) is 12.5 Å². The molecule has 0 radical (unpaired) electrons. The quantitative estimate of drug-likeness (QED) is 0.905. The number of benzene rings is 1. The molecule has 0 spiro atoms. The standard InChI is InChI=1S/C19H22FN5/c1-2-17-16(13-14-3-5-15(20)6-4-14)19(24-18(23-17)7-8-21)25-11-9-22-10-12-25/h3-6,22H,2,7,9-13H2,1H3. The molecule has 2 heterocycles. The van der Waals surface area contributed by atoms with Gasteiger partial charge in [-0.3, -0.25) is 0 Å². The zero-order chi connectivity index (χ0) is 17.6. The van der Waals surface area contributed by atoms with Crippen molar-refractivity contribution in [3.63, 3.8) is 0 Å². The topological polar surface area (TPSA) is 64.8 Å². The van der Waals surface area contributed by atoms with Crippen LogP contribution in [0.15, 0.2) is 24.3 Å². The minimum Gasteiger partial charge on any atom is -0.354 e. The molecule has 0 unspecified atom stereocenters. The molecule has 130 valence electrons. The van der Waals surface area contributed by atoms with Gasteiger partial charge >= 0.3 is 0 Å². The van der Waals surface area contributed by atoms with Gasteiger partial charge in [0.15, 0.2) is 0 Å². The first-order valence-electron chi connectivity index (χ1n) is 8.67. The van der Waals surface area contributed by atoms with Crippen molar-refractivity contribution >= 4 is 5.82 Å². The van der Waals surface area contributed by atoms with E-state index in [0.29, 0.717) is 12.2 Å². The van der Waals surface area contributed by atoms with Gasteiger partial charge in [-0.05, 0) is 24.1 Å². The van der Waals surface area contributed by atoms with E-state index in [4.69, 9.17) is 10.2 Å². The van der Waals surface area contributed by atoms with Crippen molar-refractivity contribution < 1.29 is 4.39 Å². The molecule has 3 rings (SSSR count). The van der Waals surface area contributed by atoms with Gasteiger partial charge in [-0.2, -0.15) is 5.26 Å². The van der Waals surface area contributed by atoms with Gasteiger partial charge in [-0.1, -0.05) is 19.1 Å². The van der Waals surface area contributed by atoms with Gasteiger partial charge in [-0.25, -0.2) is 14.4 Å². The van der Waals surface area contributed by atoms with Crippen LogP contribution < -0.4 is 10.2 Å². The van der Waals surface area contributed by atoms with Crippen LogP contribution in [0.3, 0.4) is 0 Å². The summed E-state index contributed by atoms with van der Waals surface area (Å²) in [5.74, 6) is 1.26. The van der Waals surface area contributed by atoms with E-state index in [-0.39, 0.29) is 12.2 Å². The summed E-state index contributed by atoms with van der Waals surface area (Å²) < 4.78 is 13.2. The summed E-state index contributed by atoms with van der Waals surface area (Å²) in [5, 5.41) is 12.4. The second kappa shape index (κ2) is 8.04. The monoisotopic (exact) mass is 339 g/mol. The number of aryl methyl sites for hydroxylation is 1. The van der Waals surface area contributed by atoms with Gasteiger partial charge in [0.2, 0.25) is 0 Å². The van der Waals surface area contributed by atoms with Crippen LogP contribution in [0.2, 0.25) is 0 Å². The number of halogens is 1. The van der Waals surface area contributed by atoms with Crippen molar-refractivity contribution in [2.75, 3.05) is 31.1 Å². The second-order valence-corrected chi connectivity index (χ2v) is 6.12. The van der Waals surface area contributed by atoms with Crippen LogP contribution in [0.1, 0.15) is 29.6 Å². The van der Waals surface area contributed by atoms with Gasteiger partial charge in [0.1, 0.15) is 17.5 Å². The lowest BCUT2D eigenvalue weighted by atomic mass is 10.0. The predicted octanol–water partition coefficient (Wildman–Crippen LogP) is 2.24. The summed E-state index contributed by atoms with van der Waals surface area (Å²) in [6.07, 6.45) is 1.65. The minimum atomic E-state index is -0.234. The molecule has 1 N–H and O–H groups in total. The third-order valence-corrected chi connectivity index (χ3v) is 4.40. The van der Waals surface area contributed by atoms with E-state index in [1.54, 1.807) is 12.1 Å². The van der Waals surface area contributed by atoms with E-state index in [2.05, 4.69) is 28.2 Å². The van der Waals surface area contributed by atoms with Crippen LogP contribution in [0.25, 0.3) is 0 Å². The largest absolute Gasteiger partial charge is 0.354 e. The number of rotatable bonds is 5.